The highest BCUT2D eigenvalue weighted by Gasteiger charge is 2.29. The number of hydrogen-bond acceptors (Lipinski definition) is 3. The number of likely N-dealkylation sites (N-methyl/N-ethyl adjacent to an activating group) is 1. The van der Waals surface area contributed by atoms with Crippen molar-refractivity contribution in [3.05, 3.63) is 16.9 Å². The third kappa shape index (κ3) is 3.70. The zero-order valence-corrected chi connectivity index (χ0v) is 11.9. The minimum absolute atomic E-state index is 0.168. The predicted octanol–water partition coefficient (Wildman–Crippen LogP) is 1.80. The van der Waals surface area contributed by atoms with Gasteiger partial charge in [-0.15, -0.1) is 0 Å². The van der Waals surface area contributed by atoms with Crippen molar-refractivity contribution in [1.82, 2.24) is 14.7 Å². The Morgan fingerprint density at radius 2 is 2.28 bits per heavy atom. The highest BCUT2D eigenvalue weighted by atomic mass is 35.5. The van der Waals surface area contributed by atoms with Gasteiger partial charge in [0.2, 0.25) is 0 Å². The molecule has 5 heteroatoms. The maximum absolute atomic E-state index is 9.91. The van der Waals surface area contributed by atoms with Gasteiger partial charge in [0.25, 0.3) is 0 Å². The van der Waals surface area contributed by atoms with Crippen molar-refractivity contribution in [2.24, 2.45) is 5.92 Å². The fourth-order valence-electron chi connectivity index (χ4n) is 2.13. The summed E-state index contributed by atoms with van der Waals surface area (Å²) in [5.74, 6) is 0.530. The summed E-state index contributed by atoms with van der Waals surface area (Å²) in [4.78, 5) is 2.12. The molecule has 1 aromatic heterocycles. The molecule has 1 saturated carbocycles. The van der Waals surface area contributed by atoms with Gasteiger partial charge in [-0.25, -0.2) is 0 Å². The summed E-state index contributed by atoms with van der Waals surface area (Å²) in [7, 11) is 4.09. The van der Waals surface area contributed by atoms with Gasteiger partial charge < -0.3 is 10.0 Å². The van der Waals surface area contributed by atoms with Crippen LogP contribution in [-0.2, 0) is 13.0 Å². The van der Waals surface area contributed by atoms with Crippen molar-refractivity contribution in [2.45, 2.75) is 38.3 Å². The van der Waals surface area contributed by atoms with Crippen LogP contribution >= 0.6 is 11.6 Å². The Labute approximate surface area is 114 Å². The fraction of sp³-hybridized carbons (Fsp3) is 0.769. The molecule has 0 radical (unpaired) electrons. The molecule has 0 saturated heterocycles. The second-order valence-electron chi connectivity index (χ2n) is 5.41. The van der Waals surface area contributed by atoms with Crippen LogP contribution in [-0.4, -0.2) is 46.5 Å². The quantitative estimate of drug-likeness (QED) is 0.822. The first-order valence-corrected chi connectivity index (χ1v) is 6.98. The van der Waals surface area contributed by atoms with E-state index in [1.165, 1.54) is 12.8 Å². The van der Waals surface area contributed by atoms with E-state index < -0.39 is 0 Å². The first-order chi connectivity index (χ1) is 8.58. The smallest absolute Gasteiger partial charge is 0.0817 e. The van der Waals surface area contributed by atoms with Crippen LogP contribution in [0.2, 0.25) is 5.02 Å². The van der Waals surface area contributed by atoms with Crippen LogP contribution in [0.25, 0.3) is 0 Å². The fourth-order valence-corrected chi connectivity index (χ4v) is 2.36. The number of hydrogen-bond donors (Lipinski definition) is 1. The van der Waals surface area contributed by atoms with E-state index in [9.17, 15) is 5.11 Å². The zero-order valence-electron chi connectivity index (χ0n) is 11.1. The molecule has 1 fully saturated rings. The van der Waals surface area contributed by atoms with Crippen LogP contribution in [0.15, 0.2) is 6.20 Å². The third-order valence-electron chi connectivity index (χ3n) is 3.50. The Kier molecular flexibility index (Phi) is 4.65. The molecule has 1 unspecified atom stereocenters. The Morgan fingerprint density at radius 1 is 1.56 bits per heavy atom. The lowest BCUT2D eigenvalue weighted by molar-refractivity contribution is 0.141. The van der Waals surface area contributed by atoms with Crippen LogP contribution < -0.4 is 0 Å². The van der Waals surface area contributed by atoms with Crippen LogP contribution in [0, 0.1) is 5.92 Å². The SMILES string of the molecule is CN(C)CCn1ncc(Cl)c1CCC(O)C1CC1. The van der Waals surface area contributed by atoms with E-state index in [1.807, 2.05) is 18.8 Å². The molecule has 0 amide bonds. The lowest BCUT2D eigenvalue weighted by atomic mass is 10.1. The van der Waals surface area contributed by atoms with E-state index in [4.69, 9.17) is 11.6 Å². The molecular weight excluding hydrogens is 250 g/mol. The Morgan fingerprint density at radius 3 is 2.89 bits per heavy atom. The van der Waals surface area contributed by atoms with Gasteiger partial charge in [0.05, 0.1) is 29.6 Å². The molecule has 1 atom stereocenters. The summed E-state index contributed by atoms with van der Waals surface area (Å²) < 4.78 is 1.96. The number of halogens is 1. The van der Waals surface area contributed by atoms with Crippen molar-refractivity contribution in [1.29, 1.82) is 0 Å². The van der Waals surface area contributed by atoms with Crippen LogP contribution in [0.4, 0.5) is 0 Å². The predicted molar refractivity (Wildman–Crippen MR) is 72.8 cm³/mol. The molecule has 0 spiro atoms. The largest absolute Gasteiger partial charge is 0.393 e. The lowest BCUT2D eigenvalue weighted by Crippen LogP contribution is -2.20. The number of aliphatic hydroxyl groups excluding tert-OH is 1. The molecule has 0 aromatic carbocycles. The second-order valence-corrected chi connectivity index (χ2v) is 5.82. The highest BCUT2D eigenvalue weighted by molar-refractivity contribution is 6.31. The molecule has 18 heavy (non-hydrogen) atoms. The third-order valence-corrected chi connectivity index (χ3v) is 3.82. The van der Waals surface area contributed by atoms with Gasteiger partial charge in [-0.05, 0) is 45.7 Å². The molecule has 1 N–H and O–H groups in total. The molecule has 4 nitrogen and oxygen atoms in total. The Bertz CT molecular complexity index is 388. The minimum atomic E-state index is -0.168. The highest BCUT2D eigenvalue weighted by Crippen LogP contribution is 2.34. The van der Waals surface area contributed by atoms with E-state index in [0.29, 0.717) is 5.92 Å². The summed E-state index contributed by atoms with van der Waals surface area (Å²) in [6.07, 6.45) is 5.49. The molecule has 2 rings (SSSR count). The van der Waals surface area contributed by atoms with Gasteiger partial charge in [-0.1, -0.05) is 11.6 Å². The molecule has 1 aliphatic rings. The van der Waals surface area contributed by atoms with E-state index in [-0.39, 0.29) is 6.10 Å². The Hall–Kier alpha value is -0.580. The van der Waals surface area contributed by atoms with Gasteiger partial charge in [0.15, 0.2) is 0 Å². The minimum Gasteiger partial charge on any atom is -0.393 e. The summed E-state index contributed by atoms with van der Waals surface area (Å²) >= 11 is 6.16. The normalized spacial score (nSPS) is 17.4. The number of aliphatic hydroxyl groups is 1. The summed E-state index contributed by atoms with van der Waals surface area (Å²) in [5, 5.41) is 14.9. The summed E-state index contributed by atoms with van der Waals surface area (Å²) in [6.45, 7) is 1.78. The standard InChI is InChI=1S/C13H22ClN3O/c1-16(2)7-8-17-12(11(14)9-15-17)5-6-13(18)10-3-4-10/h9-10,13,18H,3-8H2,1-2H3. The topological polar surface area (TPSA) is 41.3 Å². The number of aromatic nitrogens is 2. The van der Waals surface area contributed by atoms with Crippen molar-refractivity contribution in [2.75, 3.05) is 20.6 Å². The number of nitrogens with zero attached hydrogens (tertiary/aromatic N) is 3. The van der Waals surface area contributed by atoms with E-state index in [1.54, 1.807) is 6.20 Å². The first-order valence-electron chi connectivity index (χ1n) is 6.61. The van der Waals surface area contributed by atoms with Crippen LogP contribution in [0.1, 0.15) is 25.0 Å². The van der Waals surface area contributed by atoms with Gasteiger partial charge in [-0.2, -0.15) is 5.10 Å². The maximum atomic E-state index is 9.91. The summed E-state index contributed by atoms with van der Waals surface area (Å²) in [6, 6.07) is 0. The van der Waals surface area contributed by atoms with Crippen molar-refractivity contribution < 1.29 is 5.11 Å². The van der Waals surface area contributed by atoms with Crippen molar-refractivity contribution >= 4 is 11.6 Å². The molecule has 1 aliphatic carbocycles. The van der Waals surface area contributed by atoms with Crippen LogP contribution in [0.3, 0.4) is 0 Å². The van der Waals surface area contributed by atoms with Crippen molar-refractivity contribution in [3.8, 4) is 0 Å². The molecule has 1 heterocycles. The number of rotatable bonds is 7. The monoisotopic (exact) mass is 271 g/mol. The first kappa shape index (κ1) is 13.8. The van der Waals surface area contributed by atoms with Gasteiger partial charge in [0, 0.05) is 6.54 Å². The lowest BCUT2D eigenvalue weighted by Gasteiger charge is -2.13. The van der Waals surface area contributed by atoms with Crippen LogP contribution in [0.5, 0.6) is 0 Å². The maximum Gasteiger partial charge on any atom is 0.0817 e. The van der Waals surface area contributed by atoms with E-state index in [0.717, 1.165) is 36.6 Å². The van der Waals surface area contributed by atoms with E-state index in [2.05, 4.69) is 10.00 Å². The molecular formula is C13H22ClN3O. The average molecular weight is 272 g/mol. The molecule has 1 aromatic rings. The van der Waals surface area contributed by atoms with Crippen molar-refractivity contribution in [3.63, 3.8) is 0 Å². The summed E-state index contributed by atoms with van der Waals surface area (Å²) in [5.41, 5.74) is 1.05. The zero-order chi connectivity index (χ0) is 13.1. The van der Waals surface area contributed by atoms with Gasteiger partial charge in [-0.3, -0.25) is 4.68 Å². The van der Waals surface area contributed by atoms with Gasteiger partial charge in [0.1, 0.15) is 0 Å². The average Bonchev–Trinajstić information content (AvgIpc) is 3.10. The molecule has 0 bridgehead atoms. The molecule has 0 aliphatic heterocycles. The second kappa shape index (κ2) is 6.04. The van der Waals surface area contributed by atoms with E-state index >= 15 is 0 Å². The molecule has 102 valence electrons. The van der Waals surface area contributed by atoms with Gasteiger partial charge >= 0.3 is 0 Å². The Balaban J connectivity index is 1.90.